The van der Waals surface area contributed by atoms with Crippen molar-refractivity contribution in [2.75, 3.05) is 0 Å². The summed E-state index contributed by atoms with van der Waals surface area (Å²) in [6, 6.07) is 10.8. The summed E-state index contributed by atoms with van der Waals surface area (Å²) in [4.78, 5) is 4.90. The predicted octanol–water partition coefficient (Wildman–Crippen LogP) is 8.32. The second-order valence-corrected chi connectivity index (χ2v) is 8.92. The summed E-state index contributed by atoms with van der Waals surface area (Å²) in [6.45, 7) is 5.67. The van der Waals surface area contributed by atoms with Gasteiger partial charge in [0.05, 0.1) is 5.69 Å². The number of aryl methyl sites for hydroxylation is 4. The van der Waals surface area contributed by atoms with E-state index in [9.17, 15) is 0 Å². The average molecular weight is 411 g/mol. The molecule has 0 bridgehead atoms. The number of hydrogen-bond acceptors (Lipinski definition) is 1. The van der Waals surface area contributed by atoms with Crippen molar-refractivity contribution in [3.05, 3.63) is 53.6 Å². The van der Waals surface area contributed by atoms with Gasteiger partial charge in [0.25, 0.3) is 0 Å². The number of unbranched alkanes of at least 4 members (excludes halogenated alkanes) is 11. The van der Waals surface area contributed by atoms with Crippen molar-refractivity contribution in [3.63, 3.8) is 0 Å². The molecule has 0 spiro atoms. The van der Waals surface area contributed by atoms with Gasteiger partial charge in [-0.05, 0) is 31.2 Å². The van der Waals surface area contributed by atoms with Crippen LogP contribution in [0.3, 0.4) is 0 Å². The second kappa shape index (κ2) is 16.2. The molecule has 30 heavy (non-hydrogen) atoms. The van der Waals surface area contributed by atoms with Crippen LogP contribution < -0.4 is 0 Å². The van der Waals surface area contributed by atoms with Gasteiger partial charge in [-0.15, -0.1) is 0 Å². The number of rotatable bonds is 18. The van der Waals surface area contributed by atoms with Gasteiger partial charge in [0, 0.05) is 19.2 Å². The normalized spacial score (nSPS) is 11.3. The van der Waals surface area contributed by atoms with Crippen molar-refractivity contribution >= 4 is 0 Å². The van der Waals surface area contributed by atoms with E-state index in [0.717, 1.165) is 25.8 Å². The third-order valence-electron chi connectivity index (χ3n) is 6.22. The Morgan fingerprint density at radius 1 is 0.667 bits per heavy atom. The molecule has 0 N–H and O–H groups in total. The molecule has 2 nitrogen and oxygen atoms in total. The van der Waals surface area contributed by atoms with Crippen molar-refractivity contribution in [3.8, 4) is 0 Å². The first-order valence-corrected chi connectivity index (χ1v) is 12.9. The highest BCUT2D eigenvalue weighted by atomic mass is 15.1. The lowest BCUT2D eigenvalue weighted by atomic mass is 10.1. The van der Waals surface area contributed by atoms with Crippen LogP contribution in [0.2, 0.25) is 0 Å². The van der Waals surface area contributed by atoms with E-state index in [0.29, 0.717) is 0 Å². The van der Waals surface area contributed by atoms with E-state index in [1.165, 1.54) is 101 Å². The molecule has 0 atom stereocenters. The van der Waals surface area contributed by atoms with E-state index in [4.69, 9.17) is 4.98 Å². The van der Waals surface area contributed by atoms with Crippen molar-refractivity contribution in [1.82, 2.24) is 9.55 Å². The molecule has 0 amide bonds. The quantitative estimate of drug-likeness (QED) is 0.226. The third-order valence-corrected chi connectivity index (χ3v) is 6.22. The van der Waals surface area contributed by atoms with Crippen LogP contribution >= 0.6 is 0 Å². The first-order chi connectivity index (χ1) is 14.8. The number of benzene rings is 1. The van der Waals surface area contributed by atoms with Crippen LogP contribution in [0.25, 0.3) is 0 Å². The number of nitrogens with zero attached hydrogens (tertiary/aromatic N) is 2. The number of aromatic nitrogens is 2. The highest BCUT2D eigenvalue weighted by molar-refractivity contribution is 5.15. The molecular formula is C28H46N2. The zero-order valence-corrected chi connectivity index (χ0v) is 19.9. The highest BCUT2D eigenvalue weighted by Crippen LogP contribution is 2.14. The lowest BCUT2D eigenvalue weighted by Gasteiger charge is -2.06. The standard InChI is InChI=1S/C28H46N2/c1-3-5-6-7-8-9-10-11-12-13-14-18-24-30-25-27(29-28(30)4-2)23-19-22-26-20-16-15-17-21-26/h15-17,20-21,25H,3-14,18-19,22-24H2,1-2H3. The minimum absolute atomic E-state index is 1.04. The van der Waals surface area contributed by atoms with Crippen molar-refractivity contribution < 1.29 is 0 Å². The smallest absolute Gasteiger partial charge is 0.108 e. The molecule has 0 aliphatic rings. The average Bonchev–Trinajstić information content (AvgIpc) is 3.17. The summed E-state index contributed by atoms with van der Waals surface area (Å²) in [5, 5.41) is 0. The van der Waals surface area contributed by atoms with Gasteiger partial charge in [-0.2, -0.15) is 0 Å². The molecule has 0 unspecified atom stereocenters. The van der Waals surface area contributed by atoms with Gasteiger partial charge in [-0.25, -0.2) is 4.98 Å². The molecule has 168 valence electrons. The van der Waals surface area contributed by atoms with Crippen LogP contribution in [-0.2, 0) is 25.8 Å². The van der Waals surface area contributed by atoms with Gasteiger partial charge in [0.15, 0.2) is 0 Å². The van der Waals surface area contributed by atoms with E-state index >= 15 is 0 Å². The zero-order chi connectivity index (χ0) is 21.3. The molecule has 0 saturated heterocycles. The Morgan fingerprint density at radius 2 is 1.27 bits per heavy atom. The molecule has 1 aromatic heterocycles. The summed E-state index contributed by atoms with van der Waals surface area (Å²) >= 11 is 0. The van der Waals surface area contributed by atoms with Crippen LogP contribution in [0.1, 0.15) is 114 Å². The van der Waals surface area contributed by atoms with E-state index in [1.54, 1.807) is 0 Å². The van der Waals surface area contributed by atoms with Crippen LogP contribution in [-0.4, -0.2) is 9.55 Å². The molecule has 1 aromatic carbocycles. The maximum Gasteiger partial charge on any atom is 0.108 e. The van der Waals surface area contributed by atoms with Gasteiger partial charge < -0.3 is 4.57 Å². The lowest BCUT2D eigenvalue weighted by molar-refractivity contribution is 0.524. The van der Waals surface area contributed by atoms with Gasteiger partial charge in [0.1, 0.15) is 5.82 Å². The van der Waals surface area contributed by atoms with E-state index in [2.05, 4.69) is 54.9 Å². The molecule has 0 aliphatic carbocycles. The Morgan fingerprint density at radius 3 is 1.87 bits per heavy atom. The second-order valence-electron chi connectivity index (χ2n) is 8.92. The lowest BCUT2D eigenvalue weighted by Crippen LogP contribution is -2.01. The molecule has 2 heteroatoms. The molecule has 1 heterocycles. The first-order valence-electron chi connectivity index (χ1n) is 12.9. The highest BCUT2D eigenvalue weighted by Gasteiger charge is 2.06. The minimum Gasteiger partial charge on any atom is -0.335 e. The number of hydrogen-bond donors (Lipinski definition) is 0. The Hall–Kier alpha value is -1.57. The summed E-state index contributed by atoms with van der Waals surface area (Å²) in [7, 11) is 0. The van der Waals surface area contributed by atoms with E-state index in [1.807, 2.05) is 0 Å². The summed E-state index contributed by atoms with van der Waals surface area (Å²) in [5.74, 6) is 1.27. The molecule has 0 radical (unpaired) electrons. The summed E-state index contributed by atoms with van der Waals surface area (Å²) in [5.41, 5.74) is 2.71. The van der Waals surface area contributed by atoms with Crippen molar-refractivity contribution in [1.29, 1.82) is 0 Å². The van der Waals surface area contributed by atoms with Crippen molar-refractivity contribution in [2.45, 2.75) is 123 Å². The fraction of sp³-hybridized carbons (Fsp3) is 0.679. The predicted molar refractivity (Wildman–Crippen MR) is 131 cm³/mol. The maximum absolute atomic E-state index is 4.90. The molecule has 0 fully saturated rings. The Kier molecular flexibility index (Phi) is 13.3. The molecule has 0 saturated carbocycles. The Bertz CT molecular complexity index is 644. The maximum atomic E-state index is 4.90. The van der Waals surface area contributed by atoms with Crippen molar-refractivity contribution in [2.24, 2.45) is 0 Å². The third kappa shape index (κ3) is 10.5. The molecular weight excluding hydrogens is 364 g/mol. The summed E-state index contributed by atoms with van der Waals surface area (Å²) < 4.78 is 2.42. The topological polar surface area (TPSA) is 17.8 Å². The van der Waals surface area contributed by atoms with Gasteiger partial charge in [-0.3, -0.25) is 0 Å². The first kappa shape index (κ1) is 24.7. The van der Waals surface area contributed by atoms with Gasteiger partial charge in [-0.1, -0.05) is 115 Å². The Labute approximate surface area is 186 Å². The SMILES string of the molecule is CCCCCCCCCCCCCCn1cc(CCCc2ccccc2)nc1CC. The minimum atomic E-state index is 1.04. The van der Waals surface area contributed by atoms with Crippen LogP contribution in [0.15, 0.2) is 36.5 Å². The number of imidazole rings is 1. The molecule has 2 rings (SSSR count). The fourth-order valence-corrected chi connectivity index (χ4v) is 4.35. The van der Waals surface area contributed by atoms with Crippen LogP contribution in [0.5, 0.6) is 0 Å². The zero-order valence-electron chi connectivity index (χ0n) is 19.9. The van der Waals surface area contributed by atoms with Gasteiger partial charge >= 0.3 is 0 Å². The van der Waals surface area contributed by atoms with Crippen LogP contribution in [0.4, 0.5) is 0 Å². The Balaban J connectivity index is 1.53. The van der Waals surface area contributed by atoms with Gasteiger partial charge in [0.2, 0.25) is 0 Å². The summed E-state index contributed by atoms with van der Waals surface area (Å²) in [6.07, 6.45) is 23.7. The van der Waals surface area contributed by atoms with Crippen LogP contribution in [0, 0.1) is 0 Å². The van der Waals surface area contributed by atoms with E-state index in [-0.39, 0.29) is 0 Å². The fourth-order valence-electron chi connectivity index (χ4n) is 4.35. The molecule has 2 aromatic rings. The monoisotopic (exact) mass is 410 g/mol. The molecule has 0 aliphatic heterocycles. The largest absolute Gasteiger partial charge is 0.335 e. The van der Waals surface area contributed by atoms with E-state index < -0.39 is 0 Å².